The third kappa shape index (κ3) is 3.44. The number of carbonyl (C=O) groups excluding carboxylic acids is 1. The Hall–Kier alpha value is -2.61. The molecule has 2 saturated heterocycles. The van der Waals surface area contributed by atoms with Crippen molar-refractivity contribution in [1.82, 2.24) is 4.90 Å². The van der Waals surface area contributed by atoms with Gasteiger partial charge in [0.2, 0.25) is 0 Å². The first-order chi connectivity index (χ1) is 13.4. The van der Waals surface area contributed by atoms with Gasteiger partial charge in [0.25, 0.3) is 0 Å². The Bertz CT molecular complexity index is 976. The van der Waals surface area contributed by atoms with E-state index >= 15 is 0 Å². The van der Waals surface area contributed by atoms with Gasteiger partial charge in [-0.25, -0.2) is 17.6 Å². The zero-order valence-electron chi connectivity index (χ0n) is 15.4. The summed E-state index contributed by atoms with van der Waals surface area (Å²) in [5, 5.41) is 0. The number of benzene rings is 2. The molecule has 2 heterocycles. The van der Waals surface area contributed by atoms with Crippen LogP contribution in [-0.2, 0) is 16.4 Å². The number of sulfone groups is 1. The minimum atomic E-state index is -3.24. The summed E-state index contributed by atoms with van der Waals surface area (Å²) in [6.45, 7) is 2.67. The number of urea groups is 1. The summed E-state index contributed by atoms with van der Waals surface area (Å²) in [5.41, 5.74) is 1.40. The number of carbonyl (C=O) groups is 1. The second-order valence-electron chi connectivity index (χ2n) is 7.05. The SMILES string of the molecule is CCOc1ccc(N2C(=O)N(Cc3ccc(F)cc3)[C@@H]3CS(=O)(=O)C[C@@H]32)cc1. The van der Waals surface area contributed by atoms with Gasteiger partial charge in [0, 0.05) is 12.2 Å². The number of hydrogen-bond donors (Lipinski definition) is 0. The zero-order chi connectivity index (χ0) is 19.9. The normalized spacial score (nSPS) is 23.1. The molecule has 2 aromatic carbocycles. The van der Waals surface area contributed by atoms with E-state index < -0.39 is 21.9 Å². The predicted molar refractivity (Wildman–Crippen MR) is 104 cm³/mol. The quantitative estimate of drug-likeness (QED) is 0.719. The van der Waals surface area contributed by atoms with E-state index in [0.29, 0.717) is 18.0 Å². The topological polar surface area (TPSA) is 66.9 Å². The Balaban J connectivity index is 1.65. The fourth-order valence-corrected chi connectivity index (χ4v) is 5.87. The monoisotopic (exact) mass is 404 g/mol. The Morgan fingerprint density at radius 2 is 1.68 bits per heavy atom. The molecule has 0 aliphatic carbocycles. The van der Waals surface area contributed by atoms with Crippen LogP contribution in [0.5, 0.6) is 5.75 Å². The van der Waals surface area contributed by atoms with Gasteiger partial charge in [-0.05, 0) is 48.9 Å². The van der Waals surface area contributed by atoms with E-state index in [2.05, 4.69) is 0 Å². The first kappa shape index (κ1) is 18.7. The molecule has 2 fully saturated rings. The summed E-state index contributed by atoms with van der Waals surface area (Å²) >= 11 is 0. The maximum Gasteiger partial charge on any atom is 0.325 e. The van der Waals surface area contributed by atoms with Crippen LogP contribution >= 0.6 is 0 Å². The van der Waals surface area contributed by atoms with Gasteiger partial charge in [-0.2, -0.15) is 0 Å². The van der Waals surface area contributed by atoms with Gasteiger partial charge in [-0.15, -0.1) is 0 Å². The molecule has 28 heavy (non-hydrogen) atoms. The number of anilines is 1. The maximum atomic E-state index is 13.2. The second-order valence-corrected chi connectivity index (χ2v) is 9.20. The third-order valence-corrected chi connectivity index (χ3v) is 6.87. The van der Waals surface area contributed by atoms with Crippen LogP contribution in [0.4, 0.5) is 14.9 Å². The lowest BCUT2D eigenvalue weighted by molar-refractivity contribution is 0.206. The number of nitrogens with zero attached hydrogens (tertiary/aromatic N) is 2. The average molecular weight is 404 g/mol. The highest BCUT2D eigenvalue weighted by atomic mass is 32.2. The largest absolute Gasteiger partial charge is 0.494 e. The molecule has 0 radical (unpaired) electrons. The van der Waals surface area contributed by atoms with E-state index in [1.807, 2.05) is 6.92 Å². The van der Waals surface area contributed by atoms with Gasteiger partial charge in [-0.1, -0.05) is 12.1 Å². The summed E-state index contributed by atoms with van der Waals surface area (Å²) in [4.78, 5) is 16.3. The molecular weight excluding hydrogens is 383 g/mol. The standard InChI is InChI=1S/C20H21FN2O4S/c1-2-27-17-9-7-16(8-10-17)23-19-13-28(25,26)12-18(19)22(20(23)24)11-14-3-5-15(21)6-4-14/h3-10,18-19H,2,11-13H2,1H3/t18-,19+/m1/s1. The van der Waals surface area contributed by atoms with E-state index in [1.54, 1.807) is 46.2 Å². The van der Waals surface area contributed by atoms with Gasteiger partial charge < -0.3 is 9.64 Å². The van der Waals surface area contributed by atoms with Crippen LogP contribution in [0.3, 0.4) is 0 Å². The summed E-state index contributed by atoms with van der Waals surface area (Å²) < 4.78 is 43.2. The fraction of sp³-hybridized carbons (Fsp3) is 0.350. The first-order valence-electron chi connectivity index (χ1n) is 9.15. The molecule has 0 spiro atoms. The van der Waals surface area contributed by atoms with Gasteiger partial charge in [0.05, 0.1) is 30.2 Å². The third-order valence-electron chi connectivity index (χ3n) is 5.17. The van der Waals surface area contributed by atoms with Crippen molar-refractivity contribution in [2.75, 3.05) is 23.0 Å². The van der Waals surface area contributed by atoms with Crippen LogP contribution < -0.4 is 9.64 Å². The van der Waals surface area contributed by atoms with Crippen molar-refractivity contribution in [3.8, 4) is 5.75 Å². The van der Waals surface area contributed by atoms with Crippen molar-refractivity contribution in [2.24, 2.45) is 0 Å². The van der Waals surface area contributed by atoms with Crippen molar-refractivity contribution in [1.29, 1.82) is 0 Å². The average Bonchev–Trinajstić information content (AvgIpc) is 3.09. The summed E-state index contributed by atoms with van der Waals surface area (Å²) in [6, 6.07) is 11.9. The molecule has 2 aliphatic heterocycles. The van der Waals surface area contributed by atoms with Crippen molar-refractivity contribution >= 4 is 21.6 Å². The number of rotatable bonds is 5. The van der Waals surface area contributed by atoms with Crippen molar-refractivity contribution in [2.45, 2.75) is 25.6 Å². The molecule has 0 saturated carbocycles. The molecule has 4 rings (SSSR count). The second kappa shape index (κ2) is 7.09. The van der Waals surface area contributed by atoms with Crippen LogP contribution in [0.2, 0.25) is 0 Å². The predicted octanol–water partition coefficient (Wildman–Crippen LogP) is 2.83. The molecule has 0 bridgehead atoms. The minimum absolute atomic E-state index is 0.0574. The van der Waals surface area contributed by atoms with E-state index in [9.17, 15) is 17.6 Å². The lowest BCUT2D eigenvalue weighted by Gasteiger charge is -2.23. The number of fused-ring (bicyclic) bond motifs is 1. The van der Waals surface area contributed by atoms with E-state index in [0.717, 1.165) is 5.56 Å². The van der Waals surface area contributed by atoms with E-state index in [-0.39, 0.29) is 29.9 Å². The lowest BCUT2D eigenvalue weighted by Crippen LogP contribution is -2.37. The van der Waals surface area contributed by atoms with Crippen molar-refractivity contribution in [3.05, 3.63) is 59.9 Å². The molecule has 2 aromatic rings. The fourth-order valence-electron chi connectivity index (χ4n) is 3.92. The van der Waals surface area contributed by atoms with Gasteiger partial charge >= 0.3 is 6.03 Å². The smallest absolute Gasteiger partial charge is 0.325 e. The van der Waals surface area contributed by atoms with Crippen molar-refractivity contribution < 1.29 is 22.3 Å². The number of amides is 2. The number of hydrogen-bond acceptors (Lipinski definition) is 4. The van der Waals surface area contributed by atoms with Crippen LogP contribution in [0.1, 0.15) is 12.5 Å². The molecule has 0 N–H and O–H groups in total. The van der Waals surface area contributed by atoms with Crippen LogP contribution in [-0.4, -0.2) is 49.5 Å². The number of halogens is 1. The Kier molecular flexibility index (Phi) is 4.74. The molecule has 0 unspecified atom stereocenters. The van der Waals surface area contributed by atoms with Gasteiger partial charge in [-0.3, -0.25) is 4.90 Å². The molecule has 148 valence electrons. The van der Waals surface area contributed by atoms with Crippen LogP contribution in [0, 0.1) is 5.82 Å². The molecule has 8 heteroatoms. The first-order valence-corrected chi connectivity index (χ1v) is 11.0. The van der Waals surface area contributed by atoms with E-state index in [4.69, 9.17) is 4.74 Å². The highest BCUT2D eigenvalue weighted by Gasteiger charge is 2.53. The maximum absolute atomic E-state index is 13.2. The van der Waals surface area contributed by atoms with Crippen LogP contribution in [0.25, 0.3) is 0 Å². The highest BCUT2D eigenvalue weighted by Crippen LogP contribution is 2.36. The molecular formula is C20H21FN2O4S. The van der Waals surface area contributed by atoms with Gasteiger partial charge in [0.15, 0.2) is 9.84 Å². The molecule has 6 nitrogen and oxygen atoms in total. The minimum Gasteiger partial charge on any atom is -0.494 e. The molecule has 2 amide bonds. The Morgan fingerprint density at radius 1 is 1.04 bits per heavy atom. The summed E-state index contributed by atoms with van der Waals surface area (Å²) in [7, 11) is -3.24. The molecule has 2 atom stereocenters. The highest BCUT2D eigenvalue weighted by molar-refractivity contribution is 7.91. The Morgan fingerprint density at radius 3 is 2.32 bits per heavy atom. The zero-order valence-corrected chi connectivity index (χ0v) is 16.2. The molecule has 0 aromatic heterocycles. The van der Waals surface area contributed by atoms with Crippen LogP contribution in [0.15, 0.2) is 48.5 Å². The molecule has 2 aliphatic rings. The summed E-state index contributed by atoms with van der Waals surface area (Å²) in [6.07, 6.45) is 0. The lowest BCUT2D eigenvalue weighted by atomic mass is 10.1. The Labute approximate surface area is 163 Å². The van der Waals surface area contributed by atoms with Gasteiger partial charge in [0.1, 0.15) is 11.6 Å². The van der Waals surface area contributed by atoms with Crippen molar-refractivity contribution in [3.63, 3.8) is 0 Å². The number of ether oxygens (including phenoxy) is 1. The van der Waals surface area contributed by atoms with E-state index in [1.165, 1.54) is 12.1 Å². The summed E-state index contributed by atoms with van der Waals surface area (Å²) in [5.74, 6) is 0.222.